The molecule has 0 aliphatic heterocycles. The molecule has 1 heterocycles. The Balaban J connectivity index is 2.27. The van der Waals surface area contributed by atoms with Crippen molar-refractivity contribution in [2.75, 3.05) is 13.2 Å². The first-order valence-electron chi connectivity index (χ1n) is 8.75. The highest BCUT2D eigenvalue weighted by Gasteiger charge is 2.20. The number of aliphatic hydroxyl groups is 1. The number of rotatable bonds is 9. The number of nitrogens with zero attached hydrogens (tertiary/aromatic N) is 2. The standard InChI is InChI=1S/C19H25N3O4S/c1-15(2)21-27(25,26)18-6-3-5-17(13-18)19(24)22(11-4-12-23)14-16-7-9-20-10-8-16/h3,5-10,13,15,21,23H,4,11-12,14H2,1-2H3. The van der Waals surface area contributed by atoms with Gasteiger partial charge in [-0.2, -0.15) is 0 Å². The average molecular weight is 391 g/mol. The van der Waals surface area contributed by atoms with E-state index in [-0.39, 0.29) is 29.0 Å². The fourth-order valence-corrected chi connectivity index (χ4v) is 3.88. The van der Waals surface area contributed by atoms with Crippen LogP contribution in [0.15, 0.2) is 53.7 Å². The molecule has 0 atom stereocenters. The predicted molar refractivity (Wildman–Crippen MR) is 103 cm³/mol. The molecule has 0 aliphatic carbocycles. The summed E-state index contributed by atoms with van der Waals surface area (Å²) in [6, 6.07) is 9.36. The smallest absolute Gasteiger partial charge is 0.254 e. The van der Waals surface area contributed by atoms with Gasteiger partial charge in [0.2, 0.25) is 10.0 Å². The Bertz CT molecular complexity index is 854. The molecule has 27 heavy (non-hydrogen) atoms. The zero-order valence-corrected chi connectivity index (χ0v) is 16.3. The number of carbonyl (C=O) groups is 1. The number of aromatic nitrogens is 1. The maximum Gasteiger partial charge on any atom is 0.254 e. The van der Waals surface area contributed by atoms with Crippen LogP contribution in [0.1, 0.15) is 36.2 Å². The van der Waals surface area contributed by atoms with Crippen LogP contribution in [0, 0.1) is 0 Å². The van der Waals surface area contributed by atoms with E-state index < -0.39 is 10.0 Å². The molecule has 0 spiro atoms. The zero-order valence-electron chi connectivity index (χ0n) is 15.5. The quantitative estimate of drug-likeness (QED) is 0.679. The minimum absolute atomic E-state index is 0.0349. The number of pyridine rings is 1. The Kier molecular flexibility index (Phi) is 7.46. The molecule has 0 saturated carbocycles. The molecule has 2 N–H and O–H groups in total. The van der Waals surface area contributed by atoms with Crippen LogP contribution in [0.2, 0.25) is 0 Å². The van der Waals surface area contributed by atoms with E-state index in [1.807, 2.05) is 12.1 Å². The maximum atomic E-state index is 13.0. The molecule has 1 aromatic heterocycles. The number of amides is 1. The Morgan fingerprint density at radius 3 is 2.56 bits per heavy atom. The van der Waals surface area contributed by atoms with Gasteiger partial charge in [-0.3, -0.25) is 9.78 Å². The number of carbonyl (C=O) groups excluding carboxylic acids is 1. The number of benzene rings is 1. The van der Waals surface area contributed by atoms with E-state index in [0.717, 1.165) is 5.56 Å². The summed E-state index contributed by atoms with van der Waals surface area (Å²) in [5.74, 6) is -0.290. The Labute approximate surface area is 160 Å². The van der Waals surface area contributed by atoms with Crippen molar-refractivity contribution in [3.8, 4) is 0 Å². The molecule has 2 aromatic rings. The SMILES string of the molecule is CC(C)NS(=O)(=O)c1cccc(C(=O)N(CCCO)Cc2ccncc2)c1. The second kappa shape index (κ2) is 9.59. The number of nitrogens with one attached hydrogen (secondary N) is 1. The second-order valence-electron chi connectivity index (χ2n) is 6.46. The highest BCUT2D eigenvalue weighted by molar-refractivity contribution is 7.89. The Morgan fingerprint density at radius 2 is 1.93 bits per heavy atom. The van der Waals surface area contributed by atoms with Crippen molar-refractivity contribution in [2.24, 2.45) is 0 Å². The summed E-state index contributed by atoms with van der Waals surface area (Å²) in [6.45, 7) is 4.14. The van der Waals surface area contributed by atoms with E-state index in [0.29, 0.717) is 19.5 Å². The summed E-state index contributed by atoms with van der Waals surface area (Å²) in [5.41, 5.74) is 1.19. The second-order valence-corrected chi connectivity index (χ2v) is 8.18. The molecule has 7 nitrogen and oxygen atoms in total. The maximum absolute atomic E-state index is 13.0. The van der Waals surface area contributed by atoms with Crippen LogP contribution in [0.4, 0.5) is 0 Å². The predicted octanol–water partition coefficient (Wildman–Crippen LogP) is 1.79. The topological polar surface area (TPSA) is 99.6 Å². The number of hydrogen-bond donors (Lipinski definition) is 2. The van der Waals surface area contributed by atoms with E-state index in [1.165, 1.54) is 12.1 Å². The third-order valence-electron chi connectivity index (χ3n) is 3.78. The summed E-state index contributed by atoms with van der Waals surface area (Å²) >= 11 is 0. The molecule has 0 saturated heterocycles. The first-order chi connectivity index (χ1) is 12.8. The summed E-state index contributed by atoms with van der Waals surface area (Å²) in [7, 11) is -3.69. The van der Waals surface area contributed by atoms with Crippen molar-refractivity contribution in [3.63, 3.8) is 0 Å². The minimum Gasteiger partial charge on any atom is -0.396 e. The Morgan fingerprint density at radius 1 is 1.22 bits per heavy atom. The van der Waals surface area contributed by atoms with Crippen LogP contribution in [0.25, 0.3) is 0 Å². The van der Waals surface area contributed by atoms with Gasteiger partial charge >= 0.3 is 0 Å². The van der Waals surface area contributed by atoms with Gasteiger partial charge in [0, 0.05) is 43.7 Å². The van der Waals surface area contributed by atoms with Crippen LogP contribution in [0.5, 0.6) is 0 Å². The molecular weight excluding hydrogens is 366 g/mol. The molecule has 0 fully saturated rings. The van der Waals surface area contributed by atoms with Crippen LogP contribution in [0.3, 0.4) is 0 Å². The van der Waals surface area contributed by atoms with Crippen LogP contribution in [-0.4, -0.2) is 48.5 Å². The van der Waals surface area contributed by atoms with Gasteiger partial charge in [0.1, 0.15) is 0 Å². The van der Waals surface area contributed by atoms with E-state index in [4.69, 9.17) is 5.11 Å². The van der Waals surface area contributed by atoms with Gasteiger partial charge in [0.25, 0.3) is 5.91 Å². The first kappa shape index (κ1) is 21.0. The molecule has 0 bridgehead atoms. The van der Waals surface area contributed by atoms with E-state index in [1.54, 1.807) is 43.3 Å². The van der Waals surface area contributed by atoms with Crippen LogP contribution in [-0.2, 0) is 16.6 Å². The van der Waals surface area contributed by atoms with Crippen molar-refractivity contribution in [1.82, 2.24) is 14.6 Å². The molecular formula is C19H25N3O4S. The molecule has 1 aromatic carbocycles. The van der Waals surface area contributed by atoms with E-state index in [2.05, 4.69) is 9.71 Å². The summed E-state index contributed by atoms with van der Waals surface area (Å²) in [6.07, 6.45) is 3.73. The normalized spacial score (nSPS) is 11.6. The van der Waals surface area contributed by atoms with Crippen molar-refractivity contribution in [2.45, 2.75) is 37.8 Å². The highest BCUT2D eigenvalue weighted by atomic mass is 32.2. The third-order valence-corrected chi connectivity index (χ3v) is 5.43. The first-order valence-corrected chi connectivity index (χ1v) is 10.2. The molecule has 2 rings (SSSR count). The minimum atomic E-state index is -3.69. The lowest BCUT2D eigenvalue weighted by Crippen LogP contribution is -2.33. The summed E-state index contributed by atoms with van der Waals surface area (Å²) in [5, 5.41) is 9.13. The zero-order chi connectivity index (χ0) is 19.9. The van der Waals surface area contributed by atoms with Crippen LogP contribution >= 0.6 is 0 Å². The van der Waals surface area contributed by atoms with Crippen molar-refractivity contribution < 1.29 is 18.3 Å². The lowest BCUT2D eigenvalue weighted by molar-refractivity contribution is 0.0731. The largest absolute Gasteiger partial charge is 0.396 e. The summed E-state index contributed by atoms with van der Waals surface area (Å²) in [4.78, 5) is 18.6. The van der Waals surface area contributed by atoms with Gasteiger partial charge in [-0.15, -0.1) is 0 Å². The number of hydrogen-bond acceptors (Lipinski definition) is 5. The molecule has 0 unspecified atom stereocenters. The van der Waals surface area contributed by atoms with Crippen molar-refractivity contribution in [3.05, 3.63) is 59.9 Å². The van der Waals surface area contributed by atoms with E-state index in [9.17, 15) is 13.2 Å². The number of sulfonamides is 1. The van der Waals surface area contributed by atoms with Gasteiger partial charge in [0.05, 0.1) is 4.90 Å². The fourth-order valence-electron chi connectivity index (χ4n) is 2.58. The van der Waals surface area contributed by atoms with Gasteiger partial charge in [-0.1, -0.05) is 6.07 Å². The van der Waals surface area contributed by atoms with Gasteiger partial charge < -0.3 is 10.0 Å². The molecule has 0 radical (unpaired) electrons. The van der Waals surface area contributed by atoms with Crippen molar-refractivity contribution in [1.29, 1.82) is 0 Å². The average Bonchev–Trinajstić information content (AvgIpc) is 2.64. The lowest BCUT2D eigenvalue weighted by Gasteiger charge is -2.23. The van der Waals surface area contributed by atoms with E-state index >= 15 is 0 Å². The molecule has 1 amide bonds. The van der Waals surface area contributed by atoms with Crippen molar-refractivity contribution >= 4 is 15.9 Å². The monoisotopic (exact) mass is 391 g/mol. The highest BCUT2D eigenvalue weighted by Crippen LogP contribution is 2.16. The molecule has 146 valence electrons. The van der Waals surface area contributed by atoms with Gasteiger partial charge in [-0.05, 0) is 56.2 Å². The summed E-state index contributed by atoms with van der Waals surface area (Å²) < 4.78 is 27.3. The number of aliphatic hydroxyl groups excluding tert-OH is 1. The lowest BCUT2D eigenvalue weighted by atomic mass is 10.1. The Hall–Kier alpha value is -2.29. The van der Waals surface area contributed by atoms with Crippen LogP contribution < -0.4 is 4.72 Å². The van der Waals surface area contributed by atoms with Gasteiger partial charge in [0.15, 0.2) is 0 Å². The fraction of sp³-hybridized carbons (Fsp3) is 0.368. The van der Waals surface area contributed by atoms with Gasteiger partial charge in [-0.25, -0.2) is 13.1 Å². The third kappa shape index (κ3) is 6.13. The molecule has 8 heteroatoms. The molecule has 0 aliphatic rings.